The topological polar surface area (TPSA) is 38.9 Å². The van der Waals surface area contributed by atoms with Crippen LogP contribution >= 0.6 is 35.2 Å². The quantitative estimate of drug-likeness (QED) is 0.662. The molecule has 9 heavy (non-hydrogen) atoms. The summed E-state index contributed by atoms with van der Waals surface area (Å²) in [6, 6.07) is 0. The van der Waals surface area contributed by atoms with E-state index in [-0.39, 0.29) is 0 Å². The Hall–Kier alpha value is -0.190. The van der Waals surface area contributed by atoms with E-state index in [0.29, 0.717) is 9.46 Å². The summed E-state index contributed by atoms with van der Waals surface area (Å²) < 4.78 is 0.470. The van der Waals surface area contributed by atoms with Crippen molar-refractivity contribution in [2.24, 2.45) is 5.73 Å². The SMILES string of the molecule is NC(=S)c1cnc(Cl)s1. The van der Waals surface area contributed by atoms with Gasteiger partial charge in [0.15, 0.2) is 4.47 Å². The molecule has 0 radical (unpaired) electrons. The number of hydrogen-bond donors (Lipinski definition) is 1. The van der Waals surface area contributed by atoms with Crippen molar-refractivity contribution in [2.45, 2.75) is 0 Å². The minimum atomic E-state index is 0.347. The molecule has 0 unspecified atom stereocenters. The Labute approximate surface area is 66.7 Å². The molecule has 1 heterocycles. The van der Waals surface area contributed by atoms with E-state index in [1.807, 2.05) is 0 Å². The van der Waals surface area contributed by atoms with Crippen LogP contribution in [0.15, 0.2) is 6.20 Å². The van der Waals surface area contributed by atoms with Crippen LogP contribution in [-0.4, -0.2) is 9.97 Å². The highest BCUT2D eigenvalue weighted by molar-refractivity contribution is 7.81. The lowest BCUT2D eigenvalue weighted by Crippen LogP contribution is -2.06. The third-order valence-electron chi connectivity index (χ3n) is 0.720. The van der Waals surface area contributed by atoms with Crippen LogP contribution in [-0.2, 0) is 0 Å². The average Bonchev–Trinajstić information content (AvgIpc) is 2.14. The Kier molecular flexibility index (Phi) is 2.00. The molecule has 0 amide bonds. The zero-order chi connectivity index (χ0) is 6.85. The van der Waals surface area contributed by atoms with Crippen molar-refractivity contribution in [3.05, 3.63) is 15.5 Å². The first-order chi connectivity index (χ1) is 4.20. The Balaban J connectivity index is 2.98. The maximum atomic E-state index is 5.50. The predicted molar refractivity (Wildman–Crippen MR) is 43.0 cm³/mol. The summed E-state index contributed by atoms with van der Waals surface area (Å²) in [7, 11) is 0. The van der Waals surface area contributed by atoms with E-state index in [1.54, 1.807) is 6.20 Å². The van der Waals surface area contributed by atoms with Gasteiger partial charge in [0.1, 0.15) is 4.99 Å². The second kappa shape index (κ2) is 2.60. The molecule has 1 aromatic heterocycles. The van der Waals surface area contributed by atoms with Gasteiger partial charge in [-0.05, 0) is 0 Å². The van der Waals surface area contributed by atoms with Crippen molar-refractivity contribution in [1.29, 1.82) is 0 Å². The molecule has 2 nitrogen and oxygen atoms in total. The smallest absolute Gasteiger partial charge is 0.184 e. The lowest BCUT2D eigenvalue weighted by Gasteiger charge is -1.83. The molecule has 0 aliphatic heterocycles. The van der Waals surface area contributed by atoms with Crippen molar-refractivity contribution in [1.82, 2.24) is 4.98 Å². The summed E-state index contributed by atoms with van der Waals surface area (Å²) in [5.74, 6) is 0. The molecule has 0 aromatic carbocycles. The Morgan fingerprint density at radius 1 is 1.89 bits per heavy atom. The molecule has 0 saturated heterocycles. The van der Waals surface area contributed by atoms with Crippen LogP contribution in [0.4, 0.5) is 0 Å². The number of thiazole rings is 1. The lowest BCUT2D eigenvalue weighted by molar-refractivity contribution is 1.42. The van der Waals surface area contributed by atoms with Gasteiger partial charge < -0.3 is 5.73 Å². The van der Waals surface area contributed by atoms with Gasteiger partial charge in [0.05, 0.1) is 4.88 Å². The standard InChI is InChI=1S/C4H3ClN2S2/c5-4-7-1-2(9-4)3(6)8/h1H,(H2,6,8). The first-order valence-electron chi connectivity index (χ1n) is 2.11. The Morgan fingerprint density at radius 3 is 2.78 bits per heavy atom. The molecule has 0 atom stereocenters. The first-order valence-corrected chi connectivity index (χ1v) is 3.71. The van der Waals surface area contributed by atoms with E-state index in [1.165, 1.54) is 11.3 Å². The van der Waals surface area contributed by atoms with Gasteiger partial charge in [0, 0.05) is 6.20 Å². The van der Waals surface area contributed by atoms with Crippen molar-refractivity contribution < 1.29 is 0 Å². The Bertz CT molecular complexity index is 232. The van der Waals surface area contributed by atoms with E-state index in [4.69, 9.17) is 17.3 Å². The molecule has 5 heteroatoms. The second-order valence-electron chi connectivity index (χ2n) is 1.34. The van der Waals surface area contributed by atoms with Crippen LogP contribution in [0.1, 0.15) is 4.88 Å². The van der Waals surface area contributed by atoms with E-state index < -0.39 is 0 Å². The minimum Gasteiger partial charge on any atom is -0.389 e. The molecule has 0 aliphatic rings. The molecule has 0 aliphatic carbocycles. The third kappa shape index (κ3) is 1.61. The zero-order valence-corrected chi connectivity index (χ0v) is 6.69. The van der Waals surface area contributed by atoms with E-state index >= 15 is 0 Å². The van der Waals surface area contributed by atoms with Crippen molar-refractivity contribution in [3.63, 3.8) is 0 Å². The van der Waals surface area contributed by atoms with Gasteiger partial charge in [-0.2, -0.15) is 0 Å². The third-order valence-corrected chi connectivity index (χ3v) is 2.22. The van der Waals surface area contributed by atoms with Gasteiger partial charge in [0.2, 0.25) is 0 Å². The maximum Gasteiger partial charge on any atom is 0.184 e. The van der Waals surface area contributed by atoms with Crippen molar-refractivity contribution >= 4 is 40.1 Å². The summed E-state index contributed by atoms with van der Waals surface area (Å²) in [5, 5.41) is 0. The van der Waals surface area contributed by atoms with Crippen LogP contribution in [0.25, 0.3) is 0 Å². The number of rotatable bonds is 1. The van der Waals surface area contributed by atoms with Gasteiger partial charge in [-0.3, -0.25) is 0 Å². The van der Waals surface area contributed by atoms with E-state index in [9.17, 15) is 0 Å². The number of aromatic nitrogens is 1. The van der Waals surface area contributed by atoms with Crippen LogP contribution < -0.4 is 5.73 Å². The normalized spacial score (nSPS) is 9.44. The number of nitrogens with zero attached hydrogens (tertiary/aromatic N) is 1. The van der Waals surface area contributed by atoms with Crippen molar-refractivity contribution in [3.8, 4) is 0 Å². The van der Waals surface area contributed by atoms with Gasteiger partial charge in [0.25, 0.3) is 0 Å². The van der Waals surface area contributed by atoms with Crippen molar-refractivity contribution in [2.75, 3.05) is 0 Å². The van der Waals surface area contributed by atoms with Gasteiger partial charge in [-0.25, -0.2) is 4.98 Å². The summed E-state index contributed by atoms with van der Waals surface area (Å²) in [5.41, 5.74) is 5.27. The van der Waals surface area contributed by atoms with E-state index in [0.717, 1.165) is 4.88 Å². The fourth-order valence-electron chi connectivity index (χ4n) is 0.367. The summed E-state index contributed by atoms with van der Waals surface area (Å²) in [4.78, 5) is 4.86. The minimum absolute atomic E-state index is 0.347. The molecule has 2 N–H and O–H groups in total. The predicted octanol–water partition coefficient (Wildman–Crippen LogP) is 1.43. The highest BCUT2D eigenvalue weighted by Gasteiger charge is 1.99. The number of nitrogens with two attached hydrogens (primary N) is 1. The fourth-order valence-corrected chi connectivity index (χ4v) is 1.34. The monoisotopic (exact) mass is 178 g/mol. The molecular weight excluding hydrogens is 176 g/mol. The van der Waals surface area contributed by atoms with E-state index in [2.05, 4.69) is 17.2 Å². The molecule has 48 valence electrons. The molecule has 1 aromatic rings. The number of halogens is 1. The van der Waals surface area contributed by atoms with Crippen LogP contribution in [0.5, 0.6) is 0 Å². The van der Waals surface area contributed by atoms with Gasteiger partial charge in [-0.1, -0.05) is 23.8 Å². The summed E-state index contributed by atoms with van der Waals surface area (Å²) in [6.07, 6.45) is 1.56. The zero-order valence-electron chi connectivity index (χ0n) is 4.30. The largest absolute Gasteiger partial charge is 0.389 e. The molecule has 0 saturated carbocycles. The second-order valence-corrected chi connectivity index (χ2v) is 3.39. The van der Waals surface area contributed by atoms with Crippen LogP contribution in [0.3, 0.4) is 0 Å². The number of hydrogen-bond acceptors (Lipinski definition) is 3. The maximum absolute atomic E-state index is 5.50. The summed E-state index contributed by atoms with van der Waals surface area (Å²) in [6.45, 7) is 0. The number of thiocarbonyl (C=S) groups is 1. The average molecular weight is 179 g/mol. The van der Waals surface area contributed by atoms with Gasteiger partial charge >= 0.3 is 0 Å². The first kappa shape index (κ1) is 6.92. The highest BCUT2D eigenvalue weighted by atomic mass is 35.5. The fraction of sp³-hybridized carbons (Fsp3) is 0. The Morgan fingerprint density at radius 2 is 2.56 bits per heavy atom. The lowest BCUT2D eigenvalue weighted by atomic mass is 10.6. The molecule has 0 spiro atoms. The molecule has 1 rings (SSSR count). The van der Waals surface area contributed by atoms with Crippen LogP contribution in [0, 0.1) is 0 Å². The summed E-state index contributed by atoms with van der Waals surface area (Å²) >= 11 is 11.4. The molecule has 0 fully saturated rings. The highest BCUT2D eigenvalue weighted by Crippen LogP contribution is 2.16. The van der Waals surface area contributed by atoms with Crippen LogP contribution in [0.2, 0.25) is 4.47 Å². The van der Waals surface area contributed by atoms with Gasteiger partial charge in [-0.15, -0.1) is 11.3 Å². The molecular formula is C4H3ClN2S2. The molecule has 0 bridgehead atoms.